The van der Waals surface area contributed by atoms with E-state index in [1.807, 2.05) is 0 Å². The normalized spacial score (nSPS) is 8.31. The first kappa shape index (κ1) is 11.4. The maximum Gasteiger partial charge on any atom is 0.240 e. The summed E-state index contributed by atoms with van der Waals surface area (Å²) >= 11 is 0. The van der Waals surface area contributed by atoms with Gasteiger partial charge in [0.1, 0.15) is 11.4 Å². The van der Waals surface area contributed by atoms with Crippen LogP contribution in [0.3, 0.4) is 0 Å². The minimum absolute atomic E-state index is 0.0953. The van der Waals surface area contributed by atoms with Gasteiger partial charge < -0.3 is 0 Å². The van der Waals surface area contributed by atoms with Crippen molar-refractivity contribution in [2.24, 2.45) is 15.0 Å². The third kappa shape index (κ3) is 2.44. The Morgan fingerprint density at radius 1 is 0.812 bits per heavy atom. The largest absolute Gasteiger partial charge is 0.240 e. The van der Waals surface area contributed by atoms with E-state index in [1.54, 1.807) is 6.92 Å². The fourth-order valence-electron chi connectivity index (χ4n) is 1.12. The molecule has 1 rings (SSSR count). The molecule has 0 amide bonds. The second-order valence-electron chi connectivity index (χ2n) is 2.74. The number of hydrogen-bond acceptors (Lipinski definition) is 6. The highest BCUT2D eigenvalue weighted by atomic mass is 16.1. The quantitative estimate of drug-likeness (QED) is 0.569. The van der Waals surface area contributed by atoms with Gasteiger partial charge in [-0.05, 0) is 24.6 Å². The molecular weight excluding hydrogens is 210 g/mol. The molecule has 0 N–H and O–H groups in total. The average Bonchev–Trinajstić information content (AvgIpc) is 2.25. The van der Waals surface area contributed by atoms with Crippen LogP contribution in [0.4, 0.5) is 17.1 Å². The van der Waals surface area contributed by atoms with E-state index >= 15 is 0 Å². The van der Waals surface area contributed by atoms with Crippen LogP contribution < -0.4 is 0 Å². The third-order valence-corrected chi connectivity index (χ3v) is 1.79. The number of rotatable bonds is 3. The summed E-state index contributed by atoms with van der Waals surface area (Å²) in [5.41, 5.74) is 1.16. The summed E-state index contributed by atoms with van der Waals surface area (Å²) < 4.78 is 0. The van der Waals surface area contributed by atoms with Crippen molar-refractivity contribution >= 4 is 35.3 Å². The van der Waals surface area contributed by atoms with Crippen molar-refractivity contribution in [2.45, 2.75) is 6.92 Å². The van der Waals surface area contributed by atoms with Gasteiger partial charge in [-0.25, -0.2) is 14.4 Å². The predicted molar refractivity (Wildman–Crippen MR) is 54.5 cm³/mol. The molecule has 0 aromatic heterocycles. The number of carbonyl (C=O) groups excluding carboxylic acids is 3. The van der Waals surface area contributed by atoms with Gasteiger partial charge in [0.05, 0.1) is 5.69 Å². The molecule has 0 fully saturated rings. The number of hydrogen-bond donors (Lipinski definition) is 0. The Labute approximate surface area is 90.1 Å². The van der Waals surface area contributed by atoms with Crippen molar-refractivity contribution in [3.63, 3.8) is 0 Å². The number of isocyanates is 3. The van der Waals surface area contributed by atoms with Crippen molar-refractivity contribution in [3.8, 4) is 0 Å². The summed E-state index contributed by atoms with van der Waals surface area (Å²) in [7, 11) is 0. The molecule has 6 heteroatoms. The van der Waals surface area contributed by atoms with Gasteiger partial charge in [-0.2, -0.15) is 15.0 Å². The van der Waals surface area contributed by atoms with Gasteiger partial charge in [0.2, 0.25) is 18.2 Å². The van der Waals surface area contributed by atoms with E-state index in [0.717, 1.165) is 0 Å². The highest BCUT2D eigenvalue weighted by molar-refractivity contribution is 5.74. The van der Waals surface area contributed by atoms with Crippen LogP contribution in [0.15, 0.2) is 27.1 Å². The first-order chi connectivity index (χ1) is 7.72. The van der Waals surface area contributed by atoms with Crippen LogP contribution in [0.25, 0.3) is 0 Å². The number of benzene rings is 1. The first-order valence-electron chi connectivity index (χ1n) is 4.11. The topological polar surface area (TPSA) is 88.3 Å². The van der Waals surface area contributed by atoms with E-state index in [4.69, 9.17) is 0 Å². The van der Waals surface area contributed by atoms with E-state index in [9.17, 15) is 14.4 Å². The first-order valence-corrected chi connectivity index (χ1v) is 4.11. The minimum Gasteiger partial charge on any atom is -0.211 e. The van der Waals surface area contributed by atoms with E-state index in [0.29, 0.717) is 11.3 Å². The summed E-state index contributed by atoms with van der Waals surface area (Å²) in [6.45, 7) is 1.66. The second kappa shape index (κ2) is 5.29. The molecule has 6 nitrogen and oxygen atoms in total. The molecule has 0 saturated carbocycles. The zero-order valence-electron chi connectivity index (χ0n) is 8.22. The Kier molecular flexibility index (Phi) is 3.78. The Bertz CT molecular complexity index is 561. The van der Waals surface area contributed by atoms with Crippen molar-refractivity contribution in [2.75, 3.05) is 0 Å². The van der Waals surface area contributed by atoms with Gasteiger partial charge in [-0.1, -0.05) is 0 Å². The molecule has 0 aliphatic carbocycles. The molecule has 78 valence electrons. The van der Waals surface area contributed by atoms with Crippen LogP contribution >= 0.6 is 0 Å². The van der Waals surface area contributed by atoms with Gasteiger partial charge in [0.15, 0.2) is 0 Å². The van der Waals surface area contributed by atoms with Crippen molar-refractivity contribution in [1.82, 2.24) is 0 Å². The van der Waals surface area contributed by atoms with Crippen LogP contribution in [0.2, 0.25) is 0 Å². The lowest BCUT2D eigenvalue weighted by molar-refractivity contribution is 0.564. The maximum atomic E-state index is 10.1. The smallest absolute Gasteiger partial charge is 0.211 e. The lowest BCUT2D eigenvalue weighted by atomic mass is 10.1. The fraction of sp³-hybridized carbons (Fsp3) is 0.100. The van der Waals surface area contributed by atoms with E-state index in [-0.39, 0.29) is 11.4 Å². The molecule has 0 unspecified atom stereocenters. The fourth-order valence-corrected chi connectivity index (χ4v) is 1.12. The second-order valence-corrected chi connectivity index (χ2v) is 2.74. The summed E-state index contributed by atoms with van der Waals surface area (Å²) in [5.74, 6) is 0. The molecule has 1 aromatic rings. The molecule has 0 saturated heterocycles. The van der Waals surface area contributed by atoms with Crippen molar-refractivity contribution in [1.29, 1.82) is 0 Å². The maximum absolute atomic E-state index is 10.1. The Morgan fingerprint density at radius 2 is 1.25 bits per heavy atom. The zero-order chi connectivity index (χ0) is 12.0. The van der Waals surface area contributed by atoms with Gasteiger partial charge in [-0.3, -0.25) is 0 Å². The molecule has 0 heterocycles. The van der Waals surface area contributed by atoms with Gasteiger partial charge in [0, 0.05) is 0 Å². The van der Waals surface area contributed by atoms with Crippen LogP contribution in [0.1, 0.15) is 5.56 Å². The van der Waals surface area contributed by atoms with E-state index in [1.165, 1.54) is 30.4 Å². The summed E-state index contributed by atoms with van der Waals surface area (Å²) in [5, 5.41) is 0. The molecule has 0 aliphatic rings. The van der Waals surface area contributed by atoms with Crippen LogP contribution in [0, 0.1) is 6.92 Å². The van der Waals surface area contributed by atoms with Gasteiger partial charge in [-0.15, -0.1) is 0 Å². The third-order valence-electron chi connectivity index (χ3n) is 1.79. The Balaban J connectivity index is 3.53. The SMILES string of the molecule is Cc1cc(N=C=O)c(N=C=O)cc1N=C=O. The average molecular weight is 215 g/mol. The number of nitrogens with zero attached hydrogens (tertiary/aromatic N) is 3. The van der Waals surface area contributed by atoms with Crippen LogP contribution in [0.5, 0.6) is 0 Å². The molecule has 0 spiro atoms. The van der Waals surface area contributed by atoms with Gasteiger partial charge >= 0.3 is 0 Å². The standard InChI is InChI=1S/C10H5N3O3/c1-7-2-9(12-5-15)10(13-6-16)3-8(7)11-4-14/h2-3H,1H3. The highest BCUT2D eigenvalue weighted by Gasteiger charge is 2.06. The Hall–Kier alpha value is -2.64. The number of aliphatic imine (C=N–C) groups is 3. The van der Waals surface area contributed by atoms with E-state index in [2.05, 4.69) is 15.0 Å². The molecule has 16 heavy (non-hydrogen) atoms. The Morgan fingerprint density at radius 3 is 1.75 bits per heavy atom. The lowest BCUT2D eigenvalue weighted by Gasteiger charge is -2.01. The predicted octanol–water partition coefficient (Wildman–Crippen LogP) is 1.90. The summed E-state index contributed by atoms with van der Waals surface area (Å²) in [4.78, 5) is 40.5. The molecule has 0 atom stereocenters. The molecule has 1 aromatic carbocycles. The summed E-state index contributed by atoms with van der Waals surface area (Å²) in [6.07, 6.45) is 4.03. The highest BCUT2D eigenvalue weighted by Crippen LogP contribution is 2.34. The lowest BCUT2D eigenvalue weighted by Crippen LogP contribution is -1.76. The van der Waals surface area contributed by atoms with Crippen LogP contribution in [-0.4, -0.2) is 18.2 Å². The molecule has 0 bridgehead atoms. The monoisotopic (exact) mass is 215 g/mol. The van der Waals surface area contributed by atoms with Crippen molar-refractivity contribution < 1.29 is 14.4 Å². The van der Waals surface area contributed by atoms with Crippen LogP contribution in [-0.2, 0) is 14.4 Å². The van der Waals surface area contributed by atoms with E-state index < -0.39 is 0 Å². The van der Waals surface area contributed by atoms with Crippen molar-refractivity contribution in [3.05, 3.63) is 17.7 Å². The van der Waals surface area contributed by atoms with Gasteiger partial charge in [0.25, 0.3) is 0 Å². The minimum atomic E-state index is 0.0953. The number of aryl methyl sites for hydroxylation is 1. The summed E-state index contributed by atoms with van der Waals surface area (Å²) in [6, 6.07) is 2.79. The molecule has 0 aliphatic heterocycles. The molecular formula is C10H5N3O3. The molecule has 0 radical (unpaired) electrons. The zero-order valence-corrected chi connectivity index (χ0v) is 8.22.